The molecular weight excluding hydrogens is 233 g/mol. The second-order valence-electron chi connectivity index (χ2n) is 3.63. The van der Waals surface area contributed by atoms with Gasteiger partial charge in [-0.1, -0.05) is 17.7 Å². The maximum Gasteiger partial charge on any atom is 0.335 e. The number of nitrogens with one attached hydrogen (secondary N) is 1. The Labute approximate surface area is 97.6 Å². The third kappa shape index (κ3) is 2.10. The SMILES string of the molecule is CN1CNN(Cc2ccc(F)c(Cl)c2)C1=O. The third-order valence-corrected chi connectivity index (χ3v) is 2.67. The Balaban J connectivity index is 2.10. The first-order valence-electron chi connectivity index (χ1n) is 4.78. The van der Waals surface area contributed by atoms with Crippen molar-refractivity contribution in [2.24, 2.45) is 0 Å². The fourth-order valence-corrected chi connectivity index (χ4v) is 1.68. The molecule has 4 nitrogen and oxygen atoms in total. The minimum atomic E-state index is -0.455. The minimum absolute atomic E-state index is 0.0671. The van der Waals surface area contributed by atoms with Crippen LogP contribution in [0.4, 0.5) is 9.18 Å². The van der Waals surface area contributed by atoms with Crippen LogP contribution in [0.25, 0.3) is 0 Å². The van der Waals surface area contributed by atoms with Crippen molar-refractivity contribution >= 4 is 17.6 Å². The molecule has 1 aromatic carbocycles. The highest BCUT2D eigenvalue weighted by Gasteiger charge is 2.24. The standard InChI is InChI=1S/C10H11ClFN3O/c1-14-6-13-15(10(14)16)5-7-2-3-9(12)8(11)4-7/h2-4,13H,5-6H2,1H3. The summed E-state index contributed by atoms with van der Waals surface area (Å²) < 4.78 is 12.9. The predicted octanol–water partition coefficient (Wildman–Crippen LogP) is 1.81. The van der Waals surface area contributed by atoms with Gasteiger partial charge in [0.25, 0.3) is 0 Å². The Hall–Kier alpha value is -1.33. The quantitative estimate of drug-likeness (QED) is 0.860. The Kier molecular flexibility index (Phi) is 2.98. The smallest absolute Gasteiger partial charge is 0.312 e. The molecule has 1 N–H and O–H groups in total. The molecule has 2 rings (SSSR count). The van der Waals surface area contributed by atoms with Gasteiger partial charge in [-0.25, -0.2) is 14.6 Å². The van der Waals surface area contributed by atoms with Gasteiger partial charge < -0.3 is 4.90 Å². The highest BCUT2D eigenvalue weighted by Crippen LogP contribution is 2.17. The van der Waals surface area contributed by atoms with E-state index >= 15 is 0 Å². The van der Waals surface area contributed by atoms with E-state index in [9.17, 15) is 9.18 Å². The number of hydrogen-bond acceptors (Lipinski definition) is 2. The summed E-state index contributed by atoms with van der Waals surface area (Å²) >= 11 is 5.66. The monoisotopic (exact) mass is 243 g/mol. The van der Waals surface area contributed by atoms with Gasteiger partial charge in [0, 0.05) is 7.05 Å². The van der Waals surface area contributed by atoms with E-state index in [2.05, 4.69) is 5.43 Å². The molecule has 1 heterocycles. The van der Waals surface area contributed by atoms with Gasteiger partial charge in [-0.05, 0) is 17.7 Å². The van der Waals surface area contributed by atoms with E-state index in [-0.39, 0.29) is 11.1 Å². The first kappa shape index (κ1) is 11.2. The molecule has 16 heavy (non-hydrogen) atoms. The first-order chi connectivity index (χ1) is 7.58. The van der Waals surface area contributed by atoms with Gasteiger partial charge >= 0.3 is 6.03 Å². The Morgan fingerprint density at radius 3 is 2.88 bits per heavy atom. The summed E-state index contributed by atoms with van der Waals surface area (Å²) in [5, 5.41) is 1.53. The van der Waals surface area contributed by atoms with Crippen LogP contribution in [0.5, 0.6) is 0 Å². The molecule has 1 aliphatic heterocycles. The van der Waals surface area contributed by atoms with Crippen LogP contribution in [0.1, 0.15) is 5.56 Å². The fourth-order valence-electron chi connectivity index (χ4n) is 1.48. The summed E-state index contributed by atoms with van der Waals surface area (Å²) in [5.41, 5.74) is 3.69. The van der Waals surface area contributed by atoms with E-state index in [0.29, 0.717) is 13.2 Å². The van der Waals surface area contributed by atoms with Crippen molar-refractivity contribution in [2.45, 2.75) is 6.54 Å². The van der Waals surface area contributed by atoms with E-state index in [0.717, 1.165) is 5.56 Å². The number of rotatable bonds is 2. The van der Waals surface area contributed by atoms with Crippen LogP contribution in [-0.2, 0) is 6.54 Å². The summed E-state index contributed by atoms with van der Waals surface area (Å²) in [6.45, 7) is 0.844. The summed E-state index contributed by atoms with van der Waals surface area (Å²) in [6.07, 6.45) is 0. The van der Waals surface area contributed by atoms with Crippen LogP contribution in [-0.4, -0.2) is 29.7 Å². The maximum atomic E-state index is 12.9. The normalized spacial score (nSPS) is 16.1. The van der Waals surface area contributed by atoms with Gasteiger partial charge in [0.2, 0.25) is 0 Å². The molecule has 2 amide bonds. The molecule has 0 bridgehead atoms. The number of carbonyl (C=O) groups excluding carboxylic acids is 1. The summed E-state index contributed by atoms with van der Waals surface area (Å²) in [4.78, 5) is 13.1. The second-order valence-corrected chi connectivity index (χ2v) is 4.04. The van der Waals surface area contributed by atoms with Crippen LogP contribution >= 0.6 is 11.6 Å². The zero-order valence-corrected chi connectivity index (χ0v) is 9.46. The topological polar surface area (TPSA) is 35.6 Å². The van der Waals surface area contributed by atoms with E-state index < -0.39 is 5.82 Å². The van der Waals surface area contributed by atoms with Crippen LogP contribution in [0.2, 0.25) is 5.02 Å². The van der Waals surface area contributed by atoms with Gasteiger partial charge in [0.15, 0.2) is 0 Å². The van der Waals surface area contributed by atoms with Crippen molar-refractivity contribution in [2.75, 3.05) is 13.7 Å². The first-order valence-corrected chi connectivity index (χ1v) is 5.16. The molecule has 0 radical (unpaired) electrons. The van der Waals surface area contributed by atoms with Crippen LogP contribution in [0.15, 0.2) is 18.2 Å². The van der Waals surface area contributed by atoms with Crippen LogP contribution in [0.3, 0.4) is 0 Å². The van der Waals surface area contributed by atoms with Crippen LogP contribution in [0, 0.1) is 5.82 Å². The predicted molar refractivity (Wildman–Crippen MR) is 58.1 cm³/mol. The van der Waals surface area contributed by atoms with Gasteiger partial charge in [0.05, 0.1) is 18.2 Å². The van der Waals surface area contributed by atoms with E-state index in [4.69, 9.17) is 11.6 Å². The number of nitrogens with zero attached hydrogens (tertiary/aromatic N) is 2. The maximum absolute atomic E-state index is 12.9. The lowest BCUT2D eigenvalue weighted by Gasteiger charge is -2.15. The van der Waals surface area contributed by atoms with Gasteiger partial charge in [-0.15, -0.1) is 0 Å². The fraction of sp³-hybridized carbons (Fsp3) is 0.300. The number of carbonyl (C=O) groups is 1. The van der Waals surface area contributed by atoms with Gasteiger partial charge in [0.1, 0.15) is 5.82 Å². The molecular formula is C10H11ClFN3O. The number of halogens is 2. The van der Waals surface area contributed by atoms with Crippen LogP contribution < -0.4 is 5.43 Å². The number of amides is 2. The molecule has 0 saturated carbocycles. The Morgan fingerprint density at radius 2 is 2.31 bits per heavy atom. The number of urea groups is 1. The summed E-state index contributed by atoms with van der Waals surface area (Å²) in [6, 6.07) is 4.31. The largest absolute Gasteiger partial charge is 0.335 e. The van der Waals surface area contributed by atoms with Gasteiger partial charge in [-0.3, -0.25) is 5.01 Å². The molecule has 0 atom stereocenters. The molecule has 0 spiro atoms. The van der Waals surface area contributed by atoms with Crippen molar-refractivity contribution in [3.63, 3.8) is 0 Å². The zero-order chi connectivity index (χ0) is 11.7. The molecule has 6 heteroatoms. The minimum Gasteiger partial charge on any atom is -0.312 e. The molecule has 1 aromatic rings. The van der Waals surface area contributed by atoms with Gasteiger partial charge in [-0.2, -0.15) is 0 Å². The molecule has 1 fully saturated rings. The van der Waals surface area contributed by atoms with E-state index in [1.807, 2.05) is 0 Å². The van der Waals surface area contributed by atoms with Crippen molar-refractivity contribution in [1.29, 1.82) is 0 Å². The average Bonchev–Trinajstić information content (AvgIpc) is 2.55. The number of hydrogen-bond donors (Lipinski definition) is 1. The lowest BCUT2D eigenvalue weighted by Crippen LogP contribution is -2.33. The molecule has 86 valence electrons. The molecule has 1 saturated heterocycles. The Morgan fingerprint density at radius 1 is 1.56 bits per heavy atom. The third-order valence-electron chi connectivity index (χ3n) is 2.38. The molecule has 1 aliphatic rings. The highest BCUT2D eigenvalue weighted by molar-refractivity contribution is 6.30. The zero-order valence-electron chi connectivity index (χ0n) is 8.70. The van der Waals surface area contributed by atoms with Crippen molar-refractivity contribution in [3.05, 3.63) is 34.6 Å². The lowest BCUT2D eigenvalue weighted by molar-refractivity contribution is 0.186. The summed E-state index contributed by atoms with van der Waals surface area (Å²) in [7, 11) is 1.70. The molecule has 0 unspecified atom stereocenters. The highest BCUT2D eigenvalue weighted by atomic mass is 35.5. The van der Waals surface area contributed by atoms with Crippen molar-refractivity contribution < 1.29 is 9.18 Å². The number of hydrazine groups is 1. The average molecular weight is 244 g/mol. The number of benzene rings is 1. The van der Waals surface area contributed by atoms with Crippen molar-refractivity contribution in [1.82, 2.24) is 15.3 Å². The van der Waals surface area contributed by atoms with Crippen molar-refractivity contribution in [3.8, 4) is 0 Å². The lowest BCUT2D eigenvalue weighted by atomic mass is 10.2. The second kappa shape index (κ2) is 4.27. The molecule has 0 aliphatic carbocycles. The summed E-state index contributed by atoms with van der Waals surface area (Å²) in [5.74, 6) is -0.455. The Bertz CT molecular complexity index is 427. The molecule has 0 aromatic heterocycles. The van der Waals surface area contributed by atoms with E-state index in [1.165, 1.54) is 17.1 Å². The van der Waals surface area contributed by atoms with E-state index in [1.54, 1.807) is 18.0 Å².